The molecule has 1 saturated carbocycles. The quantitative estimate of drug-likeness (QED) is 0.800. The van der Waals surface area contributed by atoms with E-state index in [0.717, 1.165) is 32.5 Å². The van der Waals surface area contributed by atoms with Crippen LogP contribution in [0.15, 0.2) is 24.3 Å². The molecule has 3 atom stereocenters. The Morgan fingerprint density at radius 1 is 1.33 bits per heavy atom. The molecule has 4 heteroatoms. The first-order valence-corrected chi connectivity index (χ1v) is 10.7. The molecular formula is C23H36N2O2. The minimum atomic E-state index is -0.359. The van der Waals surface area contributed by atoms with Crippen molar-refractivity contribution >= 4 is 5.91 Å². The van der Waals surface area contributed by atoms with E-state index in [1.165, 1.54) is 37.7 Å². The Hall–Kier alpha value is -1.39. The highest BCUT2D eigenvalue weighted by Crippen LogP contribution is 2.39. The number of aliphatic hydroxyl groups is 1. The molecule has 1 aliphatic carbocycles. The fourth-order valence-corrected chi connectivity index (χ4v) is 5.05. The smallest absolute Gasteiger partial charge is 0.248 e. The van der Waals surface area contributed by atoms with Crippen LogP contribution in [0.3, 0.4) is 0 Å². The van der Waals surface area contributed by atoms with E-state index in [9.17, 15) is 9.90 Å². The summed E-state index contributed by atoms with van der Waals surface area (Å²) in [7, 11) is 0. The molecule has 1 saturated heterocycles. The van der Waals surface area contributed by atoms with E-state index >= 15 is 0 Å². The number of rotatable bonds is 6. The van der Waals surface area contributed by atoms with Gasteiger partial charge in [0.25, 0.3) is 0 Å². The molecule has 1 aromatic rings. The lowest BCUT2D eigenvalue weighted by Crippen LogP contribution is -2.48. The third-order valence-electron chi connectivity index (χ3n) is 7.31. The van der Waals surface area contributed by atoms with Gasteiger partial charge in [0.05, 0.1) is 6.10 Å². The van der Waals surface area contributed by atoms with Gasteiger partial charge in [-0.2, -0.15) is 0 Å². The molecule has 3 rings (SSSR count). The minimum absolute atomic E-state index is 0.0595. The lowest BCUT2D eigenvalue weighted by molar-refractivity contribution is 0.0502. The first-order valence-electron chi connectivity index (χ1n) is 10.7. The van der Waals surface area contributed by atoms with Crippen LogP contribution < -0.4 is 5.73 Å². The van der Waals surface area contributed by atoms with Crippen LogP contribution in [0, 0.1) is 11.8 Å². The predicted molar refractivity (Wildman–Crippen MR) is 110 cm³/mol. The standard InChI is InChI=1S/C23H36N2O2/c1-17-16-25(13-11-21(26)18-7-4-3-5-8-18)14-12-23(17,2)20-10-6-9-19(15-20)22(24)27/h6,9-10,15,17-18,21,26H,3-5,7-8,11-14,16H2,1-2H3,(H2,24,27)/t17-,21-,23+/m0/s1. The number of nitrogens with zero attached hydrogens (tertiary/aromatic N) is 1. The third kappa shape index (κ3) is 4.72. The molecular weight excluding hydrogens is 336 g/mol. The molecule has 0 bridgehead atoms. The molecule has 4 nitrogen and oxygen atoms in total. The van der Waals surface area contributed by atoms with E-state index < -0.39 is 0 Å². The Kier molecular flexibility index (Phi) is 6.59. The van der Waals surface area contributed by atoms with E-state index in [4.69, 9.17) is 5.73 Å². The third-order valence-corrected chi connectivity index (χ3v) is 7.31. The summed E-state index contributed by atoms with van der Waals surface area (Å²) in [5.74, 6) is 0.645. The topological polar surface area (TPSA) is 66.6 Å². The average Bonchev–Trinajstić information content (AvgIpc) is 2.69. The molecule has 3 N–H and O–H groups in total. The predicted octanol–water partition coefficient (Wildman–Crippen LogP) is 3.72. The highest BCUT2D eigenvalue weighted by molar-refractivity contribution is 5.92. The van der Waals surface area contributed by atoms with Crippen molar-refractivity contribution in [1.82, 2.24) is 4.90 Å². The van der Waals surface area contributed by atoms with Crippen molar-refractivity contribution in [3.8, 4) is 0 Å². The molecule has 150 valence electrons. The van der Waals surface area contributed by atoms with Crippen LogP contribution in [-0.4, -0.2) is 41.7 Å². The molecule has 0 spiro atoms. The summed E-state index contributed by atoms with van der Waals surface area (Å²) < 4.78 is 0. The number of aliphatic hydroxyl groups excluding tert-OH is 1. The molecule has 0 radical (unpaired) electrons. The van der Waals surface area contributed by atoms with Gasteiger partial charge < -0.3 is 15.7 Å². The average molecular weight is 373 g/mol. The largest absolute Gasteiger partial charge is 0.393 e. The summed E-state index contributed by atoms with van der Waals surface area (Å²) in [6.45, 7) is 7.68. The summed E-state index contributed by atoms with van der Waals surface area (Å²) in [4.78, 5) is 14.1. The molecule has 2 fully saturated rings. The van der Waals surface area contributed by atoms with Crippen LogP contribution in [-0.2, 0) is 5.41 Å². The fourth-order valence-electron chi connectivity index (χ4n) is 5.05. The van der Waals surface area contributed by atoms with Crippen LogP contribution in [0.1, 0.15) is 74.7 Å². The molecule has 0 aromatic heterocycles. The van der Waals surface area contributed by atoms with Crippen molar-refractivity contribution < 1.29 is 9.90 Å². The number of piperidine rings is 1. The lowest BCUT2D eigenvalue weighted by atomic mass is 9.67. The first-order chi connectivity index (χ1) is 12.9. The van der Waals surface area contributed by atoms with Crippen molar-refractivity contribution in [3.63, 3.8) is 0 Å². The molecule has 1 heterocycles. The zero-order valence-electron chi connectivity index (χ0n) is 17.0. The Labute approximate surface area is 164 Å². The first kappa shape index (κ1) is 20.3. The van der Waals surface area contributed by atoms with E-state index in [-0.39, 0.29) is 17.4 Å². The summed E-state index contributed by atoms with van der Waals surface area (Å²) in [6.07, 6.45) is 8.12. The molecule has 27 heavy (non-hydrogen) atoms. The molecule has 1 aromatic carbocycles. The van der Waals surface area contributed by atoms with Crippen molar-refractivity contribution in [2.75, 3.05) is 19.6 Å². The summed E-state index contributed by atoms with van der Waals surface area (Å²) in [5.41, 5.74) is 7.34. The number of hydrogen-bond acceptors (Lipinski definition) is 3. The van der Waals surface area contributed by atoms with E-state index in [0.29, 0.717) is 17.4 Å². The zero-order chi connectivity index (χ0) is 19.4. The highest BCUT2D eigenvalue weighted by Gasteiger charge is 2.38. The number of hydrogen-bond donors (Lipinski definition) is 2. The second-order valence-corrected chi connectivity index (χ2v) is 9.07. The van der Waals surface area contributed by atoms with Crippen LogP contribution in [0.5, 0.6) is 0 Å². The maximum atomic E-state index is 11.5. The van der Waals surface area contributed by atoms with Gasteiger partial charge in [-0.3, -0.25) is 4.79 Å². The van der Waals surface area contributed by atoms with E-state index in [1.54, 1.807) is 6.07 Å². The van der Waals surface area contributed by atoms with Crippen molar-refractivity contribution in [3.05, 3.63) is 35.4 Å². The lowest BCUT2D eigenvalue weighted by Gasteiger charge is -2.45. The van der Waals surface area contributed by atoms with Crippen LogP contribution in [0.4, 0.5) is 0 Å². The molecule has 2 aliphatic rings. The van der Waals surface area contributed by atoms with E-state index in [1.807, 2.05) is 12.1 Å². The summed E-state index contributed by atoms with van der Waals surface area (Å²) >= 11 is 0. The van der Waals surface area contributed by atoms with Gasteiger partial charge in [0.2, 0.25) is 5.91 Å². The number of carbonyl (C=O) groups excluding carboxylic acids is 1. The summed E-state index contributed by atoms with van der Waals surface area (Å²) in [5, 5.41) is 10.6. The molecule has 0 unspecified atom stereocenters. The van der Waals surface area contributed by atoms with Gasteiger partial charge in [0, 0.05) is 18.7 Å². The molecule has 1 amide bonds. The zero-order valence-corrected chi connectivity index (χ0v) is 17.0. The van der Waals surface area contributed by atoms with Gasteiger partial charge in [0.15, 0.2) is 0 Å². The van der Waals surface area contributed by atoms with Gasteiger partial charge in [-0.25, -0.2) is 0 Å². The number of benzene rings is 1. The molecule has 1 aliphatic heterocycles. The normalized spacial score (nSPS) is 28.8. The number of likely N-dealkylation sites (tertiary alicyclic amines) is 1. The van der Waals surface area contributed by atoms with Crippen LogP contribution in [0.2, 0.25) is 0 Å². The number of primary amides is 1. The second-order valence-electron chi connectivity index (χ2n) is 9.07. The van der Waals surface area contributed by atoms with Gasteiger partial charge >= 0.3 is 0 Å². The van der Waals surface area contributed by atoms with E-state index in [2.05, 4.69) is 24.8 Å². The summed E-state index contributed by atoms with van der Waals surface area (Å²) in [6, 6.07) is 7.84. The second kappa shape index (κ2) is 8.74. The number of carbonyl (C=O) groups is 1. The highest BCUT2D eigenvalue weighted by atomic mass is 16.3. The Bertz CT molecular complexity index is 641. The van der Waals surface area contributed by atoms with Gasteiger partial charge in [0.1, 0.15) is 0 Å². The fraction of sp³-hybridized carbons (Fsp3) is 0.696. The number of nitrogens with two attached hydrogens (primary N) is 1. The Morgan fingerprint density at radius 2 is 2.07 bits per heavy atom. The monoisotopic (exact) mass is 372 g/mol. The maximum Gasteiger partial charge on any atom is 0.248 e. The Balaban J connectivity index is 1.56. The van der Waals surface area contributed by atoms with Crippen molar-refractivity contribution in [1.29, 1.82) is 0 Å². The van der Waals surface area contributed by atoms with Crippen molar-refractivity contribution in [2.45, 2.75) is 70.3 Å². The Morgan fingerprint density at radius 3 is 2.74 bits per heavy atom. The minimum Gasteiger partial charge on any atom is -0.393 e. The van der Waals surface area contributed by atoms with Gasteiger partial charge in [-0.15, -0.1) is 0 Å². The van der Waals surface area contributed by atoms with Crippen molar-refractivity contribution in [2.24, 2.45) is 17.6 Å². The van der Waals surface area contributed by atoms with Gasteiger partial charge in [-0.05, 0) is 67.2 Å². The SMILES string of the molecule is C[C@H]1CN(CC[C@H](O)C2CCCCC2)CC[C@@]1(C)c1cccc(C(N)=O)c1. The van der Waals surface area contributed by atoms with Gasteiger partial charge in [-0.1, -0.05) is 45.2 Å². The van der Waals surface area contributed by atoms with Crippen LogP contribution >= 0.6 is 0 Å². The number of amides is 1. The van der Waals surface area contributed by atoms with Crippen LogP contribution in [0.25, 0.3) is 0 Å². The maximum absolute atomic E-state index is 11.5.